The average Bonchev–Trinajstić information content (AvgIpc) is 3.05. The van der Waals surface area contributed by atoms with E-state index in [0.29, 0.717) is 29.5 Å². The topological polar surface area (TPSA) is 56.2 Å². The summed E-state index contributed by atoms with van der Waals surface area (Å²) in [4.78, 5) is 12.5. The number of amides is 1. The second-order valence-electron chi connectivity index (χ2n) is 6.20. The Morgan fingerprint density at radius 1 is 1.22 bits per heavy atom. The molecule has 27 heavy (non-hydrogen) atoms. The fourth-order valence-corrected chi connectivity index (χ4v) is 2.89. The van der Waals surface area contributed by atoms with Crippen LogP contribution in [0.1, 0.15) is 34.1 Å². The van der Waals surface area contributed by atoms with E-state index in [0.717, 1.165) is 23.4 Å². The first-order chi connectivity index (χ1) is 13.1. The zero-order valence-electron chi connectivity index (χ0n) is 15.4. The molecular weight excluding hydrogens is 362 g/mol. The molecule has 0 spiro atoms. The molecule has 3 rings (SSSR count). The number of aryl methyl sites for hydroxylation is 2. The maximum atomic E-state index is 12.5. The third-order valence-corrected chi connectivity index (χ3v) is 4.54. The quantitative estimate of drug-likeness (QED) is 0.659. The number of hydrogen-bond acceptors (Lipinski definition) is 3. The number of aromatic nitrogens is 2. The Balaban J connectivity index is 1.61. The van der Waals surface area contributed by atoms with Crippen LogP contribution in [0.5, 0.6) is 5.75 Å². The summed E-state index contributed by atoms with van der Waals surface area (Å²) in [6.07, 6.45) is 1.96. The Bertz CT molecular complexity index is 937. The fourth-order valence-electron chi connectivity index (χ4n) is 2.70. The number of para-hydroxylation sites is 1. The van der Waals surface area contributed by atoms with Crippen molar-refractivity contribution in [2.45, 2.75) is 33.5 Å². The second kappa shape index (κ2) is 8.73. The first-order valence-corrected chi connectivity index (χ1v) is 9.22. The first kappa shape index (κ1) is 19.0. The number of carbonyl (C=O) groups is 1. The van der Waals surface area contributed by atoms with Crippen molar-refractivity contribution in [2.24, 2.45) is 0 Å². The van der Waals surface area contributed by atoms with Gasteiger partial charge in [-0.1, -0.05) is 35.9 Å². The molecule has 0 aliphatic rings. The van der Waals surface area contributed by atoms with Gasteiger partial charge in [0.1, 0.15) is 12.4 Å². The number of rotatable bonds is 7. The van der Waals surface area contributed by atoms with Crippen LogP contribution < -0.4 is 10.1 Å². The minimum atomic E-state index is -0.127. The van der Waals surface area contributed by atoms with Gasteiger partial charge in [-0.15, -0.1) is 0 Å². The van der Waals surface area contributed by atoms with Crippen LogP contribution in [0.3, 0.4) is 0 Å². The van der Waals surface area contributed by atoms with Gasteiger partial charge in [-0.05, 0) is 43.7 Å². The molecule has 2 aromatic carbocycles. The van der Waals surface area contributed by atoms with Gasteiger partial charge in [0.25, 0.3) is 5.91 Å². The van der Waals surface area contributed by atoms with Crippen molar-refractivity contribution in [2.75, 3.05) is 0 Å². The largest absolute Gasteiger partial charge is 0.487 e. The van der Waals surface area contributed by atoms with Crippen molar-refractivity contribution >= 4 is 17.5 Å². The molecule has 6 heteroatoms. The van der Waals surface area contributed by atoms with E-state index in [1.807, 2.05) is 61.1 Å². The summed E-state index contributed by atoms with van der Waals surface area (Å²) in [7, 11) is 0. The summed E-state index contributed by atoms with van der Waals surface area (Å²) in [5.41, 5.74) is 3.44. The number of nitrogens with zero attached hydrogens (tertiary/aromatic N) is 2. The highest BCUT2D eigenvalue weighted by Gasteiger charge is 2.10. The summed E-state index contributed by atoms with van der Waals surface area (Å²) < 4.78 is 7.61. The van der Waals surface area contributed by atoms with Crippen LogP contribution in [0, 0.1) is 6.92 Å². The molecule has 1 heterocycles. The van der Waals surface area contributed by atoms with Gasteiger partial charge in [-0.2, -0.15) is 5.10 Å². The lowest BCUT2D eigenvalue weighted by Crippen LogP contribution is -2.23. The van der Waals surface area contributed by atoms with Gasteiger partial charge in [0.2, 0.25) is 0 Å². The molecule has 1 aromatic heterocycles. The Kier molecular flexibility index (Phi) is 6.14. The predicted molar refractivity (Wildman–Crippen MR) is 106 cm³/mol. The summed E-state index contributed by atoms with van der Waals surface area (Å²) >= 11 is 6.10. The zero-order valence-corrected chi connectivity index (χ0v) is 16.2. The number of nitrogens with one attached hydrogen (secondary N) is 1. The van der Waals surface area contributed by atoms with E-state index in [4.69, 9.17) is 16.3 Å². The fraction of sp³-hybridized carbons (Fsp3) is 0.238. The van der Waals surface area contributed by atoms with Crippen molar-refractivity contribution in [3.05, 3.63) is 82.1 Å². The molecule has 0 atom stereocenters. The van der Waals surface area contributed by atoms with Gasteiger partial charge in [0.05, 0.1) is 10.7 Å². The van der Waals surface area contributed by atoms with Crippen LogP contribution in [0.2, 0.25) is 5.02 Å². The van der Waals surface area contributed by atoms with Crippen molar-refractivity contribution in [1.82, 2.24) is 15.1 Å². The second-order valence-corrected chi connectivity index (χ2v) is 6.60. The molecule has 0 saturated heterocycles. The summed E-state index contributed by atoms with van der Waals surface area (Å²) in [6.45, 7) is 5.58. The highest BCUT2D eigenvalue weighted by molar-refractivity contribution is 6.32. The molecule has 0 saturated carbocycles. The van der Waals surface area contributed by atoms with E-state index in [1.54, 1.807) is 12.1 Å². The van der Waals surface area contributed by atoms with Crippen molar-refractivity contribution in [1.29, 1.82) is 0 Å². The Labute approximate surface area is 163 Å². The third-order valence-electron chi connectivity index (χ3n) is 4.23. The molecule has 0 aliphatic carbocycles. The van der Waals surface area contributed by atoms with E-state index >= 15 is 0 Å². The molecule has 0 bridgehead atoms. The average molecular weight is 384 g/mol. The maximum Gasteiger partial charge on any atom is 0.251 e. The molecular formula is C21H22ClN3O2. The van der Waals surface area contributed by atoms with Crippen molar-refractivity contribution in [3.63, 3.8) is 0 Å². The predicted octanol–water partition coefficient (Wildman–Crippen LogP) is 4.37. The van der Waals surface area contributed by atoms with Crippen LogP contribution in [-0.4, -0.2) is 15.7 Å². The van der Waals surface area contributed by atoms with Gasteiger partial charge in [0.15, 0.2) is 0 Å². The van der Waals surface area contributed by atoms with Gasteiger partial charge in [-0.25, -0.2) is 0 Å². The third kappa shape index (κ3) is 4.89. The standard InChI is InChI=1S/C21H22ClN3O2/c1-3-25-13-18(15(2)24-25)12-23-21(26)17-8-6-7-16(11-17)14-27-20-10-5-4-9-19(20)22/h4-11,13H,3,12,14H2,1-2H3,(H,23,26). The minimum absolute atomic E-state index is 0.127. The molecule has 5 nitrogen and oxygen atoms in total. The molecule has 0 fully saturated rings. The van der Waals surface area contributed by atoms with Crippen LogP contribution in [-0.2, 0) is 19.7 Å². The minimum Gasteiger partial charge on any atom is -0.487 e. The van der Waals surface area contributed by atoms with Gasteiger partial charge in [-0.3, -0.25) is 9.48 Å². The summed E-state index contributed by atoms with van der Waals surface area (Å²) in [5.74, 6) is 0.496. The molecule has 0 unspecified atom stereocenters. The maximum absolute atomic E-state index is 12.5. The van der Waals surface area contributed by atoms with E-state index in [9.17, 15) is 4.79 Å². The van der Waals surface area contributed by atoms with E-state index < -0.39 is 0 Å². The van der Waals surface area contributed by atoms with Gasteiger partial charge >= 0.3 is 0 Å². The SMILES string of the molecule is CCn1cc(CNC(=O)c2cccc(COc3ccccc3Cl)c2)c(C)n1. The number of carbonyl (C=O) groups excluding carboxylic acids is 1. The van der Waals surface area contributed by atoms with Crippen LogP contribution in [0.15, 0.2) is 54.7 Å². The van der Waals surface area contributed by atoms with E-state index in [1.165, 1.54) is 0 Å². The van der Waals surface area contributed by atoms with Crippen molar-refractivity contribution < 1.29 is 9.53 Å². The first-order valence-electron chi connectivity index (χ1n) is 8.84. The Morgan fingerprint density at radius 3 is 2.78 bits per heavy atom. The lowest BCUT2D eigenvalue weighted by atomic mass is 10.1. The Morgan fingerprint density at radius 2 is 2.04 bits per heavy atom. The van der Waals surface area contributed by atoms with Gasteiger partial charge in [0, 0.05) is 30.4 Å². The summed E-state index contributed by atoms with van der Waals surface area (Å²) in [6, 6.07) is 14.7. The molecule has 0 radical (unpaired) electrons. The molecule has 140 valence electrons. The Hall–Kier alpha value is -2.79. The van der Waals surface area contributed by atoms with E-state index in [-0.39, 0.29) is 5.91 Å². The molecule has 0 aliphatic heterocycles. The number of benzene rings is 2. The molecule has 1 amide bonds. The number of halogens is 1. The lowest BCUT2D eigenvalue weighted by molar-refractivity contribution is 0.0950. The lowest BCUT2D eigenvalue weighted by Gasteiger charge is -2.09. The zero-order chi connectivity index (χ0) is 19.2. The van der Waals surface area contributed by atoms with Crippen LogP contribution in [0.25, 0.3) is 0 Å². The molecule has 1 N–H and O–H groups in total. The summed E-state index contributed by atoms with van der Waals surface area (Å²) in [5, 5.41) is 7.91. The normalized spacial score (nSPS) is 10.6. The number of ether oxygens (including phenoxy) is 1. The smallest absolute Gasteiger partial charge is 0.251 e. The van der Waals surface area contributed by atoms with Crippen LogP contribution in [0.4, 0.5) is 0 Å². The van der Waals surface area contributed by atoms with Crippen LogP contribution >= 0.6 is 11.6 Å². The monoisotopic (exact) mass is 383 g/mol. The highest BCUT2D eigenvalue weighted by Crippen LogP contribution is 2.24. The highest BCUT2D eigenvalue weighted by atomic mass is 35.5. The van der Waals surface area contributed by atoms with E-state index in [2.05, 4.69) is 10.4 Å². The van der Waals surface area contributed by atoms with Crippen molar-refractivity contribution in [3.8, 4) is 5.75 Å². The number of hydrogen-bond donors (Lipinski definition) is 1. The molecule has 3 aromatic rings. The van der Waals surface area contributed by atoms with Gasteiger partial charge < -0.3 is 10.1 Å².